The Morgan fingerprint density at radius 1 is 0.607 bits per heavy atom. The largest absolute Gasteiger partial charge is 1.00 e. The molecule has 2 nitrogen and oxygen atoms in total. The second kappa shape index (κ2) is 9.12. The topological polar surface area (TPSA) is 20.9 Å². The third-order valence-electron chi connectivity index (χ3n) is 4.62. The molecule has 4 rings (SSSR count). The Morgan fingerprint density at radius 2 is 1.11 bits per heavy atom. The minimum Gasteiger partial charge on any atom is -1.00 e. The van der Waals surface area contributed by atoms with Crippen LogP contribution in [0, 0.1) is 0 Å². The summed E-state index contributed by atoms with van der Waals surface area (Å²) >= 11 is 0. The van der Waals surface area contributed by atoms with E-state index in [4.69, 9.17) is 0 Å². The molecule has 0 aliphatic rings. The van der Waals surface area contributed by atoms with Crippen LogP contribution in [-0.2, 0) is 6.54 Å². The molecular weight excluding hydrogens is 366 g/mol. The summed E-state index contributed by atoms with van der Waals surface area (Å²) in [5, 5.41) is 0. The highest BCUT2D eigenvalue weighted by Gasteiger charge is 2.11. The first-order valence-corrected chi connectivity index (χ1v) is 9.03. The van der Waals surface area contributed by atoms with Crippen LogP contribution in [0.2, 0.25) is 0 Å². The van der Waals surface area contributed by atoms with Crippen LogP contribution in [-0.4, -0.2) is 5.78 Å². The van der Waals surface area contributed by atoms with E-state index >= 15 is 0 Å². The van der Waals surface area contributed by atoms with Crippen LogP contribution in [0.4, 0.5) is 0 Å². The number of ketones is 1. The van der Waals surface area contributed by atoms with Crippen LogP contribution in [0.5, 0.6) is 0 Å². The van der Waals surface area contributed by atoms with Crippen molar-refractivity contribution >= 4 is 5.78 Å². The number of carbonyl (C=O) groups excluding carboxylic acids is 1. The third-order valence-corrected chi connectivity index (χ3v) is 4.62. The van der Waals surface area contributed by atoms with Crippen molar-refractivity contribution in [2.45, 2.75) is 6.54 Å². The van der Waals surface area contributed by atoms with E-state index in [1.807, 2.05) is 60.9 Å². The minimum atomic E-state index is 0. The van der Waals surface area contributed by atoms with E-state index in [1.54, 1.807) is 0 Å². The molecule has 0 aliphatic carbocycles. The van der Waals surface area contributed by atoms with Gasteiger partial charge in [-0.05, 0) is 11.1 Å². The van der Waals surface area contributed by atoms with Gasteiger partial charge in [0.05, 0.1) is 0 Å². The Bertz CT molecular complexity index is 1030. The zero-order chi connectivity index (χ0) is 18.5. The molecule has 3 aromatic carbocycles. The second-order valence-corrected chi connectivity index (χ2v) is 6.52. The van der Waals surface area contributed by atoms with Crippen LogP contribution < -0.4 is 17.0 Å². The third kappa shape index (κ3) is 4.54. The maximum atomic E-state index is 12.5. The Kier molecular flexibility index (Phi) is 6.36. The van der Waals surface area contributed by atoms with E-state index < -0.39 is 0 Å². The molecule has 1 aromatic heterocycles. The van der Waals surface area contributed by atoms with Gasteiger partial charge in [0.2, 0.25) is 0 Å². The number of nitrogens with zero attached hydrogens (tertiary/aromatic N) is 1. The summed E-state index contributed by atoms with van der Waals surface area (Å²) in [6, 6.07) is 32.1. The highest BCUT2D eigenvalue weighted by atomic mass is 35.5. The van der Waals surface area contributed by atoms with E-state index in [1.165, 1.54) is 16.7 Å². The number of carbonyl (C=O) groups is 1. The molecule has 4 aromatic rings. The first-order chi connectivity index (χ1) is 13.3. The molecule has 0 amide bonds. The molecule has 0 unspecified atom stereocenters. The van der Waals surface area contributed by atoms with Gasteiger partial charge in [0, 0.05) is 28.8 Å². The molecule has 0 saturated carbocycles. The lowest BCUT2D eigenvalue weighted by Gasteiger charge is -2.04. The minimum absolute atomic E-state index is 0. The van der Waals surface area contributed by atoms with Crippen molar-refractivity contribution in [1.82, 2.24) is 0 Å². The number of halogens is 1. The summed E-state index contributed by atoms with van der Waals surface area (Å²) in [5.41, 5.74) is 5.08. The van der Waals surface area contributed by atoms with Crippen LogP contribution in [0.25, 0.3) is 11.1 Å². The molecule has 1 heterocycles. The Labute approximate surface area is 171 Å². The van der Waals surface area contributed by atoms with E-state index in [-0.39, 0.29) is 18.2 Å². The smallest absolute Gasteiger partial charge is 0.193 e. The van der Waals surface area contributed by atoms with Crippen LogP contribution in [0.1, 0.15) is 21.5 Å². The van der Waals surface area contributed by atoms with E-state index in [2.05, 4.69) is 53.1 Å². The summed E-state index contributed by atoms with van der Waals surface area (Å²) in [5.74, 6) is 0.0509. The predicted molar refractivity (Wildman–Crippen MR) is 107 cm³/mol. The maximum Gasteiger partial charge on any atom is 0.193 e. The quantitative estimate of drug-likeness (QED) is 0.380. The predicted octanol–water partition coefficient (Wildman–Crippen LogP) is 1.92. The normalized spacial score (nSPS) is 10.1. The van der Waals surface area contributed by atoms with Crippen molar-refractivity contribution in [2.75, 3.05) is 0 Å². The first kappa shape index (κ1) is 19.5. The molecule has 0 bridgehead atoms. The Hall–Kier alpha value is -3.23. The molecule has 0 spiro atoms. The van der Waals surface area contributed by atoms with Crippen LogP contribution in [0.15, 0.2) is 109 Å². The summed E-state index contributed by atoms with van der Waals surface area (Å²) in [7, 11) is 0. The van der Waals surface area contributed by atoms with Crippen LogP contribution >= 0.6 is 0 Å². The monoisotopic (exact) mass is 385 g/mol. The van der Waals surface area contributed by atoms with Gasteiger partial charge in [-0.2, -0.15) is 0 Å². The molecule has 0 radical (unpaired) electrons. The molecule has 28 heavy (non-hydrogen) atoms. The fourth-order valence-corrected chi connectivity index (χ4v) is 3.11. The zero-order valence-corrected chi connectivity index (χ0v) is 16.1. The van der Waals surface area contributed by atoms with Gasteiger partial charge in [-0.15, -0.1) is 0 Å². The van der Waals surface area contributed by atoms with Gasteiger partial charge in [0.25, 0.3) is 0 Å². The lowest BCUT2D eigenvalue weighted by atomic mass is 10.0. The van der Waals surface area contributed by atoms with Gasteiger partial charge in [-0.3, -0.25) is 4.79 Å². The number of aromatic nitrogens is 1. The van der Waals surface area contributed by atoms with Crippen molar-refractivity contribution < 1.29 is 21.8 Å². The number of rotatable bonds is 5. The number of hydrogen-bond acceptors (Lipinski definition) is 1. The number of pyridine rings is 1. The van der Waals surface area contributed by atoms with Gasteiger partial charge < -0.3 is 12.4 Å². The summed E-state index contributed by atoms with van der Waals surface area (Å²) in [6.07, 6.45) is 3.92. The average molecular weight is 386 g/mol. The highest BCUT2D eigenvalue weighted by molar-refractivity contribution is 6.08. The first-order valence-electron chi connectivity index (χ1n) is 9.03. The molecule has 3 heteroatoms. The van der Waals surface area contributed by atoms with Crippen molar-refractivity contribution in [2.24, 2.45) is 0 Å². The standard InChI is InChI=1S/C25H20NO.ClH/c27-25(23-9-5-2-6-10-23)24-15-17-26(18-16-24)19-20-11-13-22(14-12-20)21-7-3-1-4-8-21;/h1-18H,19H2;1H/q+1;/p-1. The highest BCUT2D eigenvalue weighted by Crippen LogP contribution is 2.19. The fourth-order valence-electron chi connectivity index (χ4n) is 3.11. The number of benzene rings is 3. The average Bonchev–Trinajstić information content (AvgIpc) is 2.76. The molecule has 0 saturated heterocycles. The van der Waals surface area contributed by atoms with E-state index in [0.29, 0.717) is 11.1 Å². The summed E-state index contributed by atoms with van der Waals surface area (Å²) in [4.78, 5) is 12.5. The lowest BCUT2D eigenvalue weighted by molar-refractivity contribution is -0.688. The summed E-state index contributed by atoms with van der Waals surface area (Å²) < 4.78 is 2.08. The van der Waals surface area contributed by atoms with Gasteiger partial charge in [0.1, 0.15) is 0 Å². The van der Waals surface area contributed by atoms with Crippen LogP contribution in [0.3, 0.4) is 0 Å². The fraction of sp³-hybridized carbons (Fsp3) is 0.0400. The van der Waals surface area contributed by atoms with Crippen molar-refractivity contribution in [1.29, 1.82) is 0 Å². The van der Waals surface area contributed by atoms with E-state index in [0.717, 1.165) is 6.54 Å². The zero-order valence-electron chi connectivity index (χ0n) is 15.3. The van der Waals surface area contributed by atoms with Crippen molar-refractivity contribution in [3.05, 3.63) is 126 Å². The van der Waals surface area contributed by atoms with Gasteiger partial charge in [-0.25, -0.2) is 4.57 Å². The van der Waals surface area contributed by atoms with E-state index in [9.17, 15) is 4.79 Å². The SMILES string of the molecule is O=C(c1ccccc1)c1cc[n+](Cc2ccc(-c3ccccc3)cc2)cc1.[Cl-]. The lowest BCUT2D eigenvalue weighted by Crippen LogP contribution is -3.00. The maximum absolute atomic E-state index is 12.5. The van der Waals surface area contributed by atoms with Gasteiger partial charge in [0.15, 0.2) is 24.7 Å². The van der Waals surface area contributed by atoms with Crippen molar-refractivity contribution in [3.8, 4) is 11.1 Å². The molecule has 0 atom stereocenters. The van der Waals surface area contributed by atoms with Gasteiger partial charge >= 0.3 is 0 Å². The summed E-state index contributed by atoms with van der Waals surface area (Å²) in [6.45, 7) is 0.773. The Morgan fingerprint density at radius 3 is 1.71 bits per heavy atom. The molecule has 138 valence electrons. The molecular formula is C25H20ClNO. The Balaban J connectivity index is 0.00000225. The molecule has 0 aliphatic heterocycles. The van der Waals surface area contributed by atoms with Crippen molar-refractivity contribution in [3.63, 3.8) is 0 Å². The van der Waals surface area contributed by atoms with Gasteiger partial charge in [-0.1, -0.05) is 84.9 Å². The molecule has 0 fully saturated rings. The molecule has 0 N–H and O–H groups in total. The second-order valence-electron chi connectivity index (χ2n) is 6.52. The number of hydrogen-bond donors (Lipinski definition) is 0.